The van der Waals surface area contributed by atoms with Crippen LogP contribution in [0.15, 0.2) is 29.2 Å². The van der Waals surface area contributed by atoms with E-state index in [0.717, 1.165) is 34.8 Å². The minimum Gasteiger partial charge on any atom is -0.442 e. The van der Waals surface area contributed by atoms with Crippen LogP contribution in [0.5, 0.6) is 0 Å². The Morgan fingerprint density at radius 3 is 2.03 bits per heavy atom. The number of hydroxylamine groups is 2. The lowest BCUT2D eigenvalue weighted by Crippen LogP contribution is -2.48. The fourth-order valence-corrected chi connectivity index (χ4v) is 7.20. The van der Waals surface area contributed by atoms with Crippen molar-refractivity contribution < 1.29 is 22.2 Å². The van der Waals surface area contributed by atoms with Crippen molar-refractivity contribution in [2.75, 3.05) is 6.54 Å². The highest BCUT2D eigenvalue weighted by Gasteiger charge is 2.50. The Hall–Kier alpha value is -1.60. The molecule has 4 saturated carbocycles. The molecule has 0 radical (unpaired) electrons. The number of carbonyl (C=O) groups excluding carboxylic acids is 1. The van der Waals surface area contributed by atoms with E-state index >= 15 is 0 Å². The fourth-order valence-electron chi connectivity index (χ4n) is 6.27. The first kappa shape index (κ1) is 22.6. The Kier molecular flexibility index (Phi) is 5.88. The molecule has 1 amide bonds. The van der Waals surface area contributed by atoms with E-state index in [4.69, 9.17) is 9.02 Å². The van der Waals surface area contributed by atoms with E-state index in [2.05, 4.69) is 0 Å². The van der Waals surface area contributed by atoms with Crippen LogP contribution in [-0.2, 0) is 19.1 Å². The maximum Gasteiger partial charge on any atom is 0.435 e. The minimum atomic E-state index is -4.13. The van der Waals surface area contributed by atoms with E-state index in [9.17, 15) is 13.2 Å². The molecule has 0 saturated heterocycles. The highest BCUT2D eigenvalue weighted by Crippen LogP contribution is 2.61. The van der Waals surface area contributed by atoms with Crippen molar-refractivity contribution in [2.24, 2.45) is 23.2 Å². The summed E-state index contributed by atoms with van der Waals surface area (Å²) in [5.41, 5.74) is 0.406. The van der Waals surface area contributed by atoms with Crippen LogP contribution in [0.3, 0.4) is 0 Å². The highest BCUT2D eigenvalue weighted by atomic mass is 32.2. The Morgan fingerprint density at radius 2 is 1.55 bits per heavy atom. The molecule has 0 N–H and O–H groups in total. The topological polar surface area (TPSA) is 72.9 Å². The van der Waals surface area contributed by atoms with Gasteiger partial charge in [0.1, 0.15) is 5.60 Å². The molecule has 0 atom stereocenters. The van der Waals surface area contributed by atoms with Crippen molar-refractivity contribution in [2.45, 2.75) is 83.1 Å². The number of amides is 1. The molecule has 4 aliphatic carbocycles. The molecule has 0 spiro atoms. The normalized spacial score (nSPS) is 29.7. The molecule has 0 aromatic heterocycles. The van der Waals surface area contributed by atoms with Crippen LogP contribution in [0, 0.1) is 30.1 Å². The van der Waals surface area contributed by atoms with Crippen molar-refractivity contribution >= 4 is 16.2 Å². The van der Waals surface area contributed by atoms with E-state index in [1.807, 2.05) is 6.92 Å². The van der Waals surface area contributed by atoms with Crippen molar-refractivity contribution in [1.29, 1.82) is 0 Å². The van der Waals surface area contributed by atoms with Crippen LogP contribution in [0.2, 0.25) is 0 Å². The first-order chi connectivity index (χ1) is 14.4. The third-order valence-electron chi connectivity index (χ3n) is 7.11. The first-order valence-corrected chi connectivity index (χ1v) is 12.9. The second-order valence-corrected chi connectivity index (χ2v) is 12.6. The monoisotopic (exact) mass is 449 g/mol. The molecule has 0 aliphatic heterocycles. The number of ether oxygens (including phenoxy) is 1. The second-order valence-electron chi connectivity index (χ2n) is 11.1. The summed E-state index contributed by atoms with van der Waals surface area (Å²) in [6.07, 6.45) is 7.57. The van der Waals surface area contributed by atoms with E-state index in [1.165, 1.54) is 50.7 Å². The number of benzene rings is 1. The summed E-state index contributed by atoms with van der Waals surface area (Å²) in [6, 6.07) is 6.42. The van der Waals surface area contributed by atoms with Gasteiger partial charge in [-0.25, -0.2) is 4.79 Å². The lowest BCUT2D eigenvalue weighted by Gasteiger charge is -2.57. The molecule has 6 nitrogen and oxygen atoms in total. The van der Waals surface area contributed by atoms with Gasteiger partial charge >= 0.3 is 16.2 Å². The van der Waals surface area contributed by atoms with E-state index in [0.29, 0.717) is 0 Å². The summed E-state index contributed by atoms with van der Waals surface area (Å²) in [5.74, 6) is 2.37. The number of hydrogen-bond acceptors (Lipinski definition) is 5. The van der Waals surface area contributed by atoms with Gasteiger partial charge in [0.05, 0.1) is 11.4 Å². The van der Waals surface area contributed by atoms with E-state index in [1.54, 1.807) is 32.9 Å². The highest BCUT2D eigenvalue weighted by molar-refractivity contribution is 7.86. The first-order valence-electron chi connectivity index (χ1n) is 11.4. The number of nitrogens with zero attached hydrogens (tertiary/aromatic N) is 1. The minimum absolute atomic E-state index is 0.0291. The molecule has 5 rings (SSSR count). The summed E-state index contributed by atoms with van der Waals surface area (Å²) in [4.78, 5) is 12.9. The lowest BCUT2D eigenvalue weighted by atomic mass is 9.49. The van der Waals surface area contributed by atoms with Crippen LogP contribution in [0.25, 0.3) is 0 Å². The third kappa shape index (κ3) is 5.25. The smallest absolute Gasteiger partial charge is 0.435 e. The van der Waals surface area contributed by atoms with Gasteiger partial charge in [-0.05, 0) is 108 Å². The van der Waals surface area contributed by atoms with Crippen molar-refractivity contribution in [1.82, 2.24) is 5.06 Å². The quantitative estimate of drug-likeness (QED) is 0.539. The molecule has 31 heavy (non-hydrogen) atoms. The van der Waals surface area contributed by atoms with Gasteiger partial charge < -0.3 is 4.74 Å². The van der Waals surface area contributed by atoms with Gasteiger partial charge in [-0.15, -0.1) is 4.28 Å². The standard InChI is InChI=1S/C24H35NO5S/c1-17-5-7-21(8-6-17)31(27,28)30-25(22(26)29-23(2,3)4)10-9-24-14-18-11-19(15-24)13-20(12-18)16-24/h5-8,18-20H,9-16H2,1-4H3. The van der Waals surface area contributed by atoms with Gasteiger partial charge in [0, 0.05) is 0 Å². The lowest BCUT2D eigenvalue weighted by molar-refractivity contribution is -0.0959. The van der Waals surface area contributed by atoms with Gasteiger partial charge in [-0.1, -0.05) is 17.7 Å². The Balaban J connectivity index is 1.50. The number of hydrogen-bond donors (Lipinski definition) is 0. The maximum atomic E-state index is 12.9. The van der Waals surface area contributed by atoms with Crippen molar-refractivity contribution in [3.63, 3.8) is 0 Å². The molecule has 4 fully saturated rings. The number of rotatable bonds is 6. The SMILES string of the molecule is Cc1ccc(S(=O)(=O)ON(CCC23CC4CC(CC(C4)C2)C3)C(=O)OC(C)(C)C)cc1. The number of aryl methyl sites for hydroxylation is 1. The fraction of sp³-hybridized carbons (Fsp3) is 0.708. The molecule has 1 aromatic rings. The molecule has 0 unspecified atom stereocenters. The Bertz CT molecular complexity index is 881. The molecule has 4 aliphatic rings. The van der Waals surface area contributed by atoms with Crippen LogP contribution in [0.4, 0.5) is 4.79 Å². The maximum absolute atomic E-state index is 12.9. The third-order valence-corrected chi connectivity index (χ3v) is 8.33. The summed E-state index contributed by atoms with van der Waals surface area (Å²) < 4.78 is 36.6. The zero-order valence-corrected chi connectivity index (χ0v) is 19.9. The second kappa shape index (κ2) is 8.07. The zero-order chi connectivity index (χ0) is 22.4. The average molecular weight is 450 g/mol. The van der Waals surface area contributed by atoms with Crippen LogP contribution in [0.1, 0.15) is 71.3 Å². The van der Waals surface area contributed by atoms with Gasteiger partial charge in [0.25, 0.3) is 0 Å². The van der Waals surface area contributed by atoms with Gasteiger partial charge in [-0.3, -0.25) is 0 Å². The van der Waals surface area contributed by atoms with Crippen molar-refractivity contribution in [3.05, 3.63) is 29.8 Å². The molecule has 4 bridgehead atoms. The summed E-state index contributed by atoms with van der Waals surface area (Å²) >= 11 is 0. The molecule has 0 heterocycles. The summed E-state index contributed by atoms with van der Waals surface area (Å²) in [6.45, 7) is 7.38. The Morgan fingerprint density at radius 1 is 1.03 bits per heavy atom. The largest absolute Gasteiger partial charge is 0.442 e. The summed E-state index contributed by atoms with van der Waals surface area (Å²) in [7, 11) is -4.13. The van der Waals surface area contributed by atoms with Crippen LogP contribution >= 0.6 is 0 Å². The van der Waals surface area contributed by atoms with Crippen LogP contribution in [-0.4, -0.2) is 31.7 Å². The van der Waals surface area contributed by atoms with Gasteiger partial charge in [-0.2, -0.15) is 13.5 Å². The molecular weight excluding hydrogens is 414 g/mol. The van der Waals surface area contributed by atoms with Gasteiger partial charge in [0.2, 0.25) is 0 Å². The van der Waals surface area contributed by atoms with Gasteiger partial charge in [0.15, 0.2) is 0 Å². The zero-order valence-electron chi connectivity index (χ0n) is 19.1. The molecule has 7 heteroatoms. The molecule has 172 valence electrons. The average Bonchev–Trinajstić information content (AvgIpc) is 2.63. The Labute approximate surface area is 186 Å². The van der Waals surface area contributed by atoms with Crippen molar-refractivity contribution in [3.8, 4) is 0 Å². The van der Waals surface area contributed by atoms with E-state index < -0.39 is 21.8 Å². The predicted octanol–water partition coefficient (Wildman–Crippen LogP) is 5.46. The predicted molar refractivity (Wildman–Crippen MR) is 118 cm³/mol. The van der Waals surface area contributed by atoms with E-state index in [-0.39, 0.29) is 16.9 Å². The van der Waals surface area contributed by atoms with Crippen LogP contribution < -0.4 is 0 Å². The molecular formula is C24H35NO5S. The number of carbonyl (C=O) groups is 1. The summed E-state index contributed by atoms with van der Waals surface area (Å²) in [5, 5.41) is 0.930. The molecule has 1 aromatic carbocycles.